The number of nitrogens with zero attached hydrogens (tertiary/aromatic N) is 3. The third-order valence-electron chi connectivity index (χ3n) is 6.44. The lowest BCUT2D eigenvalue weighted by atomic mass is 9.80. The van der Waals surface area contributed by atoms with Crippen molar-refractivity contribution in [2.75, 3.05) is 48.5 Å². The summed E-state index contributed by atoms with van der Waals surface area (Å²) in [5.41, 5.74) is 3.27. The summed E-state index contributed by atoms with van der Waals surface area (Å²) >= 11 is 0. The maximum atomic E-state index is 12.7. The molecule has 4 rings (SSSR count). The molecule has 0 spiro atoms. The van der Waals surface area contributed by atoms with Crippen LogP contribution in [0.1, 0.15) is 38.8 Å². The number of amides is 1. The van der Waals surface area contributed by atoms with Crippen LogP contribution in [0.25, 0.3) is 0 Å². The number of pyridine rings is 1. The Morgan fingerprint density at radius 2 is 2.03 bits per heavy atom. The van der Waals surface area contributed by atoms with Crippen LogP contribution in [0.2, 0.25) is 0 Å². The topological polar surface area (TPSA) is 66.9 Å². The van der Waals surface area contributed by atoms with E-state index in [1.165, 1.54) is 0 Å². The first-order chi connectivity index (χ1) is 15.0. The average molecular weight is 425 g/mol. The van der Waals surface area contributed by atoms with Gasteiger partial charge in [0.15, 0.2) is 0 Å². The molecule has 0 bridgehead atoms. The molecule has 1 saturated heterocycles. The largest absolute Gasteiger partial charge is 0.481 e. The molecule has 166 valence electrons. The van der Waals surface area contributed by atoms with Crippen molar-refractivity contribution in [3.63, 3.8) is 0 Å². The van der Waals surface area contributed by atoms with Gasteiger partial charge < -0.3 is 24.6 Å². The molecular formula is C24H32N4O3. The van der Waals surface area contributed by atoms with Crippen LogP contribution in [-0.4, -0.2) is 50.3 Å². The zero-order valence-corrected chi connectivity index (χ0v) is 18.8. The number of carbonyl (C=O) groups is 1. The summed E-state index contributed by atoms with van der Waals surface area (Å²) in [5.74, 6) is 1.63. The minimum Gasteiger partial charge on any atom is -0.481 e. The van der Waals surface area contributed by atoms with Crippen LogP contribution in [0.3, 0.4) is 0 Å². The monoisotopic (exact) mass is 424 g/mol. The number of methoxy groups -OCH3 is 1. The minimum atomic E-state index is 0.0242. The van der Waals surface area contributed by atoms with E-state index >= 15 is 0 Å². The summed E-state index contributed by atoms with van der Waals surface area (Å²) in [5, 5.41) is 3.64. The second-order valence-electron chi connectivity index (χ2n) is 8.25. The third-order valence-corrected chi connectivity index (χ3v) is 6.44. The van der Waals surface area contributed by atoms with Gasteiger partial charge in [0.1, 0.15) is 5.82 Å². The van der Waals surface area contributed by atoms with Crippen molar-refractivity contribution in [2.45, 2.75) is 39.3 Å². The summed E-state index contributed by atoms with van der Waals surface area (Å²) in [6.07, 6.45) is 0.884. The molecule has 3 heterocycles. The molecule has 0 aliphatic carbocycles. The Kier molecular flexibility index (Phi) is 6.32. The molecule has 0 radical (unpaired) electrons. The molecule has 1 aromatic heterocycles. The molecule has 3 atom stereocenters. The predicted octanol–water partition coefficient (Wildman–Crippen LogP) is 3.86. The Bertz CT molecular complexity index is 929. The highest BCUT2D eigenvalue weighted by atomic mass is 16.5. The molecule has 7 nitrogen and oxygen atoms in total. The number of hydrogen-bond donors (Lipinski definition) is 1. The van der Waals surface area contributed by atoms with Gasteiger partial charge in [-0.1, -0.05) is 19.9 Å². The smallest absolute Gasteiger partial charge is 0.224 e. The predicted molar refractivity (Wildman–Crippen MR) is 123 cm³/mol. The molecule has 31 heavy (non-hydrogen) atoms. The number of aromatic nitrogens is 1. The Morgan fingerprint density at radius 3 is 2.71 bits per heavy atom. The Hall–Kier alpha value is -2.80. The number of ether oxygens (including phenoxy) is 2. The average Bonchev–Trinajstić information content (AvgIpc) is 2.80. The number of hydrogen-bond acceptors (Lipinski definition) is 6. The Balaban J connectivity index is 1.77. The van der Waals surface area contributed by atoms with E-state index in [0.29, 0.717) is 5.88 Å². The second kappa shape index (κ2) is 9.14. The molecule has 2 aliphatic heterocycles. The van der Waals surface area contributed by atoms with Gasteiger partial charge in [-0.15, -0.1) is 0 Å². The van der Waals surface area contributed by atoms with Crippen molar-refractivity contribution in [3.8, 4) is 5.88 Å². The second-order valence-corrected chi connectivity index (χ2v) is 8.25. The molecule has 2 aliphatic rings. The number of carbonyl (C=O) groups excluding carboxylic acids is 1. The van der Waals surface area contributed by atoms with Gasteiger partial charge in [0.2, 0.25) is 11.8 Å². The number of fused-ring (bicyclic) bond motifs is 1. The van der Waals surface area contributed by atoms with Crippen LogP contribution in [0.5, 0.6) is 5.88 Å². The van der Waals surface area contributed by atoms with Crippen LogP contribution in [0, 0.1) is 5.92 Å². The first-order valence-electron chi connectivity index (χ1n) is 11.1. The minimum absolute atomic E-state index is 0.0242. The fraction of sp³-hybridized carbons (Fsp3) is 0.500. The van der Waals surface area contributed by atoms with E-state index < -0.39 is 0 Å². The van der Waals surface area contributed by atoms with E-state index in [1.54, 1.807) is 14.0 Å². The van der Waals surface area contributed by atoms with Crippen LogP contribution >= 0.6 is 0 Å². The van der Waals surface area contributed by atoms with Crippen LogP contribution in [0.15, 0.2) is 36.4 Å². The lowest BCUT2D eigenvalue weighted by molar-refractivity contribution is -0.117. The summed E-state index contributed by atoms with van der Waals surface area (Å²) in [7, 11) is 1.62. The van der Waals surface area contributed by atoms with Crippen molar-refractivity contribution in [1.82, 2.24) is 4.98 Å². The van der Waals surface area contributed by atoms with E-state index in [4.69, 9.17) is 9.47 Å². The van der Waals surface area contributed by atoms with Crippen molar-refractivity contribution in [2.24, 2.45) is 5.92 Å². The quantitative estimate of drug-likeness (QED) is 0.786. The Morgan fingerprint density at radius 1 is 1.26 bits per heavy atom. The van der Waals surface area contributed by atoms with Gasteiger partial charge in [-0.3, -0.25) is 4.79 Å². The Labute approximate surface area is 184 Å². The number of benzene rings is 1. The lowest BCUT2D eigenvalue weighted by Crippen LogP contribution is -2.49. The molecular weight excluding hydrogens is 392 g/mol. The van der Waals surface area contributed by atoms with Gasteiger partial charge in [0.25, 0.3) is 0 Å². The zero-order chi connectivity index (χ0) is 22.0. The van der Waals surface area contributed by atoms with Crippen LogP contribution < -0.4 is 19.9 Å². The van der Waals surface area contributed by atoms with Crippen molar-refractivity contribution < 1.29 is 14.3 Å². The zero-order valence-electron chi connectivity index (χ0n) is 18.8. The van der Waals surface area contributed by atoms with Crippen LogP contribution in [0.4, 0.5) is 17.2 Å². The molecule has 1 unspecified atom stereocenters. The summed E-state index contributed by atoms with van der Waals surface area (Å²) < 4.78 is 10.8. The third kappa shape index (κ3) is 4.19. The van der Waals surface area contributed by atoms with Gasteiger partial charge in [-0.05, 0) is 30.7 Å². The highest BCUT2D eigenvalue weighted by molar-refractivity contribution is 5.94. The molecule has 0 saturated carbocycles. The molecule has 7 heteroatoms. The number of morpholine rings is 1. The van der Waals surface area contributed by atoms with Crippen LogP contribution in [-0.2, 0) is 9.53 Å². The van der Waals surface area contributed by atoms with E-state index in [0.717, 1.165) is 55.5 Å². The molecule has 1 amide bonds. The van der Waals surface area contributed by atoms with Gasteiger partial charge in [-0.25, -0.2) is 0 Å². The SMILES string of the molecule is CC[C@H]1[C@H](C)C(Nc2cccc(OC)n2)c2cc(N3CCOCC3)ccc2N1C(C)=O. The maximum absolute atomic E-state index is 12.7. The molecule has 2 aromatic rings. The van der Waals surface area contributed by atoms with Crippen molar-refractivity contribution >= 4 is 23.1 Å². The lowest BCUT2D eigenvalue weighted by Gasteiger charge is -2.45. The van der Waals surface area contributed by atoms with Crippen molar-refractivity contribution in [1.29, 1.82) is 0 Å². The normalized spacial score (nSPS) is 23.3. The van der Waals surface area contributed by atoms with E-state index in [1.807, 2.05) is 23.1 Å². The van der Waals surface area contributed by atoms with E-state index in [-0.39, 0.29) is 23.9 Å². The molecule has 1 fully saturated rings. The van der Waals surface area contributed by atoms with E-state index in [2.05, 4.69) is 47.2 Å². The number of nitrogens with one attached hydrogen (secondary N) is 1. The molecule has 1 N–H and O–H groups in total. The van der Waals surface area contributed by atoms with E-state index in [9.17, 15) is 4.79 Å². The summed E-state index contributed by atoms with van der Waals surface area (Å²) in [6, 6.07) is 12.3. The highest BCUT2D eigenvalue weighted by Crippen LogP contribution is 2.45. The van der Waals surface area contributed by atoms with Gasteiger partial charge in [0.05, 0.1) is 26.4 Å². The summed E-state index contributed by atoms with van der Waals surface area (Å²) in [4.78, 5) is 21.5. The van der Waals surface area contributed by atoms with Gasteiger partial charge >= 0.3 is 0 Å². The standard InChI is InChI=1S/C24H32N4O3/c1-5-20-16(2)24(26-22-7-6-8-23(25-22)30-4)19-15-18(27-11-13-31-14-12-27)9-10-21(19)28(20)17(3)29/h6-10,15-16,20,24H,5,11-14H2,1-4H3,(H,25,26)/t16-,20-,24?/m0/s1. The fourth-order valence-electron chi connectivity index (χ4n) is 4.88. The highest BCUT2D eigenvalue weighted by Gasteiger charge is 2.40. The fourth-order valence-corrected chi connectivity index (χ4v) is 4.88. The molecule has 1 aromatic carbocycles. The summed E-state index contributed by atoms with van der Waals surface area (Å²) in [6.45, 7) is 9.24. The van der Waals surface area contributed by atoms with Gasteiger partial charge in [-0.2, -0.15) is 4.98 Å². The van der Waals surface area contributed by atoms with Gasteiger partial charge in [0, 0.05) is 55.0 Å². The maximum Gasteiger partial charge on any atom is 0.224 e. The first-order valence-corrected chi connectivity index (χ1v) is 11.1. The number of anilines is 3. The number of rotatable bonds is 5. The van der Waals surface area contributed by atoms with Crippen molar-refractivity contribution in [3.05, 3.63) is 42.0 Å². The first kappa shape index (κ1) is 21.4.